The number of nitro groups is 1. The monoisotopic (exact) mass is 299 g/mol. The van der Waals surface area contributed by atoms with E-state index in [1.165, 1.54) is 11.3 Å². The highest BCUT2D eigenvalue weighted by molar-refractivity contribution is 7.15. The molecule has 1 heterocycles. The molecule has 0 saturated carbocycles. The number of hydrogen-bond acceptors (Lipinski definition) is 5. The van der Waals surface area contributed by atoms with E-state index in [9.17, 15) is 10.1 Å². The Balaban J connectivity index is 2.87. The average Bonchev–Trinajstić information content (AvgIpc) is 2.87. The molecule has 0 bridgehead atoms. The van der Waals surface area contributed by atoms with E-state index in [2.05, 4.69) is 25.7 Å². The van der Waals surface area contributed by atoms with Crippen molar-refractivity contribution < 1.29 is 4.92 Å². The molecular formula is C14H25N3O2S. The normalized spacial score (nSPS) is 14.4. The van der Waals surface area contributed by atoms with Gasteiger partial charge in [0, 0.05) is 29.4 Å². The zero-order chi connectivity index (χ0) is 15.2. The van der Waals surface area contributed by atoms with Crippen LogP contribution in [-0.4, -0.2) is 35.0 Å². The van der Waals surface area contributed by atoms with Gasteiger partial charge in [0.25, 0.3) is 0 Å². The minimum atomic E-state index is -0.330. The zero-order valence-electron chi connectivity index (χ0n) is 12.6. The molecule has 0 aromatic carbocycles. The first-order chi connectivity index (χ1) is 9.46. The van der Waals surface area contributed by atoms with Crippen LogP contribution in [0.2, 0.25) is 0 Å². The van der Waals surface area contributed by atoms with Crippen molar-refractivity contribution in [1.82, 2.24) is 4.90 Å². The van der Waals surface area contributed by atoms with Gasteiger partial charge >= 0.3 is 5.00 Å². The summed E-state index contributed by atoms with van der Waals surface area (Å²) in [5.74, 6) is 0. The first kappa shape index (κ1) is 17.1. The molecule has 0 aliphatic heterocycles. The van der Waals surface area contributed by atoms with Crippen molar-refractivity contribution in [2.45, 2.75) is 45.6 Å². The number of thiophene rings is 1. The average molecular weight is 299 g/mol. The van der Waals surface area contributed by atoms with Gasteiger partial charge in [0.1, 0.15) is 0 Å². The summed E-state index contributed by atoms with van der Waals surface area (Å²) in [6.07, 6.45) is 2.93. The van der Waals surface area contributed by atoms with Crippen LogP contribution in [0.3, 0.4) is 0 Å². The van der Waals surface area contributed by atoms with Crippen LogP contribution in [0.25, 0.3) is 0 Å². The van der Waals surface area contributed by atoms with Crippen molar-refractivity contribution in [2.24, 2.45) is 5.73 Å². The van der Waals surface area contributed by atoms with Gasteiger partial charge in [-0.15, -0.1) is 0 Å². The van der Waals surface area contributed by atoms with Crippen LogP contribution in [-0.2, 0) is 6.42 Å². The fourth-order valence-electron chi connectivity index (χ4n) is 2.44. The van der Waals surface area contributed by atoms with E-state index in [0.717, 1.165) is 37.2 Å². The van der Waals surface area contributed by atoms with E-state index in [0.29, 0.717) is 6.54 Å². The van der Waals surface area contributed by atoms with E-state index in [1.807, 2.05) is 6.07 Å². The van der Waals surface area contributed by atoms with Crippen LogP contribution in [0.1, 0.15) is 38.5 Å². The molecule has 1 aromatic rings. The number of nitrogens with zero attached hydrogens (tertiary/aromatic N) is 2. The standard InChI is InChI=1S/C14H25N3O2S/c1-4-8-16(9-5-2)14(3,11-15)10-12-6-7-13(20-12)17(18)19/h6-7H,4-5,8-11,15H2,1-3H3. The van der Waals surface area contributed by atoms with Gasteiger partial charge in [-0.25, -0.2) is 0 Å². The molecule has 0 spiro atoms. The van der Waals surface area contributed by atoms with Crippen molar-refractivity contribution in [3.05, 3.63) is 27.1 Å². The summed E-state index contributed by atoms with van der Waals surface area (Å²) < 4.78 is 0. The molecule has 114 valence electrons. The third-order valence-corrected chi connectivity index (χ3v) is 4.61. The molecule has 0 radical (unpaired) electrons. The molecule has 1 rings (SSSR count). The van der Waals surface area contributed by atoms with Crippen LogP contribution in [0.5, 0.6) is 0 Å². The first-order valence-electron chi connectivity index (χ1n) is 7.15. The van der Waals surface area contributed by atoms with Crippen LogP contribution in [0.15, 0.2) is 12.1 Å². The van der Waals surface area contributed by atoms with E-state index >= 15 is 0 Å². The second kappa shape index (κ2) is 7.71. The molecule has 1 unspecified atom stereocenters. The van der Waals surface area contributed by atoms with E-state index in [4.69, 9.17) is 5.73 Å². The summed E-state index contributed by atoms with van der Waals surface area (Å²) in [6, 6.07) is 3.44. The van der Waals surface area contributed by atoms with Crippen LogP contribution < -0.4 is 5.73 Å². The molecular weight excluding hydrogens is 274 g/mol. The minimum absolute atomic E-state index is 0.134. The van der Waals surface area contributed by atoms with E-state index < -0.39 is 0 Å². The molecule has 20 heavy (non-hydrogen) atoms. The Morgan fingerprint density at radius 1 is 1.35 bits per heavy atom. The van der Waals surface area contributed by atoms with E-state index in [1.54, 1.807) is 6.07 Å². The fraction of sp³-hybridized carbons (Fsp3) is 0.714. The van der Waals surface area contributed by atoms with Gasteiger partial charge in [0.05, 0.1) is 4.92 Å². The fourth-order valence-corrected chi connectivity index (χ4v) is 3.44. The second-order valence-electron chi connectivity index (χ2n) is 5.36. The predicted octanol–water partition coefficient (Wildman–Crippen LogP) is 3.04. The minimum Gasteiger partial charge on any atom is -0.329 e. The zero-order valence-corrected chi connectivity index (χ0v) is 13.4. The lowest BCUT2D eigenvalue weighted by Crippen LogP contribution is -2.53. The van der Waals surface area contributed by atoms with Crippen LogP contribution in [0.4, 0.5) is 5.00 Å². The molecule has 0 amide bonds. The van der Waals surface area contributed by atoms with Crippen molar-refractivity contribution in [3.8, 4) is 0 Å². The molecule has 0 aliphatic carbocycles. The van der Waals surface area contributed by atoms with Gasteiger partial charge in [0.2, 0.25) is 0 Å². The highest BCUT2D eigenvalue weighted by Crippen LogP contribution is 2.29. The molecule has 0 aliphatic rings. The Morgan fingerprint density at radius 2 is 1.95 bits per heavy atom. The molecule has 2 N–H and O–H groups in total. The largest absolute Gasteiger partial charge is 0.329 e. The Morgan fingerprint density at radius 3 is 2.35 bits per heavy atom. The third kappa shape index (κ3) is 4.26. The number of hydrogen-bond donors (Lipinski definition) is 1. The van der Waals surface area contributed by atoms with Gasteiger partial charge in [-0.1, -0.05) is 25.2 Å². The SMILES string of the molecule is CCCN(CCC)C(C)(CN)Cc1ccc([N+](=O)[O-])s1. The third-order valence-electron chi connectivity index (χ3n) is 3.57. The lowest BCUT2D eigenvalue weighted by molar-refractivity contribution is -0.380. The summed E-state index contributed by atoms with van der Waals surface area (Å²) in [6.45, 7) is 9.05. The quantitative estimate of drug-likeness (QED) is 0.562. The van der Waals surface area contributed by atoms with Crippen molar-refractivity contribution in [3.63, 3.8) is 0 Å². The summed E-state index contributed by atoms with van der Waals surface area (Å²) >= 11 is 1.26. The van der Waals surface area contributed by atoms with Gasteiger partial charge < -0.3 is 5.73 Å². The first-order valence-corrected chi connectivity index (χ1v) is 7.96. The Hall–Kier alpha value is -0.980. The summed E-state index contributed by atoms with van der Waals surface area (Å²) in [4.78, 5) is 13.9. The van der Waals surface area contributed by atoms with Gasteiger partial charge in [-0.2, -0.15) is 0 Å². The van der Waals surface area contributed by atoms with Crippen molar-refractivity contribution in [2.75, 3.05) is 19.6 Å². The molecule has 1 atom stereocenters. The predicted molar refractivity (Wildman–Crippen MR) is 84.3 cm³/mol. The summed E-state index contributed by atoms with van der Waals surface area (Å²) in [5, 5.41) is 11.0. The maximum Gasteiger partial charge on any atom is 0.324 e. The van der Waals surface area contributed by atoms with Gasteiger partial charge in [-0.3, -0.25) is 15.0 Å². The van der Waals surface area contributed by atoms with Gasteiger partial charge in [-0.05, 0) is 38.9 Å². The lowest BCUT2D eigenvalue weighted by Gasteiger charge is -2.40. The maximum absolute atomic E-state index is 10.8. The van der Waals surface area contributed by atoms with Crippen LogP contribution in [0, 0.1) is 10.1 Å². The molecule has 6 heteroatoms. The van der Waals surface area contributed by atoms with Crippen LogP contribution >= 0.6 is 11.3 Å². The molecule has 0 fully saturated rings. The highest BCUT2D eigenvalue weighted by atomic mass is 32.1. The van der Waals surface area contributed by atoms with Gasteiger partial charge in [0.15, 0.2) is 0 Å². The topological polar surface area (TPSA) is 72.4 Å². The molecule has 0 saturated heterocycles. The van der Waals surface area contributed by atoms with Crippen molar-refractivity contribution in [1.29, 1.82) is 0 Å². The number of rotatable bonds is 9. The smallest absolute Gasteiger partial charge is 0.324 e. The second-order valence-corrected chi connectivity index (χ2v) is 6.51. The van der Waals surface area contributed by atoms with E-state index in [-0.39, 0.29) is 15.5 Å². The highest BCUT2D eigenvalue weighted by Gasteiger charge is 2.30. The number of nitrogens with two attached hydrogens (primary N) is 1. The molecule has 1 aromatic heterocycles. The van der Waals surface area contributed by atoms with Crippen molar-refractivity contribution >= 4 is 16.3 Å². The molecule has 5 nitrogen and oxygen atoms in total. The Kier molecular flexibility index (Phi) is 6.58. The maximum atomic E-state index is 10.8. The summed E-state index contributed by atoms with van der Waals surface area (Å²) in [7, 11) is 0. The Labute approximate surface area is 124 Å². The Bertz CT molecular complexity index is 430. The summed E-state index contributed by atoms with van der Waals surface area (Å²) in [5.41, 5.74) is 5.88. The lowest BCUT2D eigenvalue weighted by atomic mass is 9.94.